The fraction of sp³-hybridized carbons (Fsp3) is 0.588. The summed E-state index contributed by atoms with van der Waals surface area (Å²) in [4.78, 5) is 38.2. The van der Waals surface area contributed by atoms with Gasteiger partial charge in [0, 0.05) is 18.5 Å². The SMILES string of the molecule is C[C@@H]1CCC[C@H](C)N1C(=O)COC(=O)CCC(=O)c1cccs1. The summed E-state index contributed by atoms with van der Waals surface area (Å²) in [5.41, 5.74) is 0. The van der Waals surface area contributed by atoms with Crippen molar-refractivity contribution in [2.24, 2.45) is 0 Å². The molecule has 0 spiro atoms. The molecule has 2 rings (SSSR count). The number of Topliss-reactive ketones (excluding diaryl/α,β-unsaturated/α-hetero) is 1. The van der Waals surface area contributed by atoms with Gasteiger partial charge in [0.15, 0.2) is 12.4 Å². The molecule has 0 bridgehead atoms. The van der Waals surface area contributed by atoms with E-state index < -0.39 is 5.97 Å². The van der Waals surface area contributed by atoms with Crippen molar-refractivity contribution in [3.8, 4) is 0 Å². The Hall–Kier alpha value is -1.69. The normalized spacial score (nSPS) is 21.0. The molecule has 23 heavy (non-hydrogen) atoms. The fourth-order valence-corrected chi connectivity index (χ4v) is 3.67. The summed E-state index contributed by atoms with van der Waals surface area (Å²) in [5, 5.41) is 1.82. The zero-order valence-electron chi connectivity index (χ0n) is 13.6. The Balaban J connectivity index is 1.73. The number of nitrogens with zero attached hydrogens (tertiary/aromatic N) is 1. The minimum atomic E-state index is -0.499. The standard InChI is InChI=1S/C17H23NO4S/c1-12-5-3-6-13(2)18(12)16(20)11-22-17(21)9-8-14(19)15-7-4-10-23-15/h4,7,10,12-13H,3,5-6,8-9,11H2,1-2H3/t12-,13+. The number of thiophene rings is 1. The molecule has 1 amide bonds. The fourth-order valence-electron chi connectivity index (χ4n) is 2.98. The van der Waals surface area contributed by atoms with Gasteiger partial charge in [0.25, 0.3) is 5.91 Å². The summed E-state index contributed by atoms with van der Waals surface area (Å²) in [7, 11) is 0. The van der Waals surface area contributed by atoms with Crippen molar-refractivity contribution in [2.75, 3.05) is 6.61 Å². The van der Waals surface area contributed by atoms with Crippen molar-refractivity contribution in [3.05, 3.63) is 22.4 Å². The third-order valence-corrected chi connectivity index (χ3v) is 5.10. The number of piperidine rings is 1. The van der Waals surface area contributed by atoms with Crippen LogP contribution in [-0.2, 0) is 14.3 Å². The predicted molar refractivity (Wildman–Crippen MR) is 88.5 cm³/mol. The van der Waals surface area contributed by atoms with E-state index in [1.54, 1.807) is 12.1 Å². The van der Waals surface area contributed by atoms with Crippen LogP contribution in [0.15, 0.2) is 17.5 Å². The van der Waals surface area contributed by atoms with Gasteiger partial charge in [-0.2, -0.15) is 0 Å². The lowest BCUT2D eigenvalue weighted by atomic mass is 9.97. The molecule has 0 N–H and O–H groups in total. The van der Waals surface area contributed by atoms with Crippen LogP contribution in [0.5, 0.6) is 0 Å². The van der Waals surface area contributed by atoms with Crippen molar-refractivity contribution < 1.29 is 19.1 Å². The molecule has 5 nitrogen and oxygen atoms in total. The number of carbonyl (C=O) groups is 3. The van der Waals surface area contributed by atoms with Crippen LogP contribution in [0.4, 0.5) is 0 Å². The second-order valence-corrected chi connectivity index (χ2v) is 6.94. The minimum Gasteiger partial charge on any atom is -0.456 e. The van der Waals surface area contributed by atoms with E-state index in [1.165, 1.54) is 11.3 Å². The summed E-state index contributed by atoms with van der Waals surface area (Å²) in [6.07, 6.45) is 3.22. The highest BCUT2D eigenvalue weighted by atomic mass is 32.1. The number of hydrogen-bond donors (Lipinski definition) is 0. The molecule has 1 fully saturated rings. The highest BCUT2D eigenvalue weighted by Crippen LogP contribution is 2.22. The monoisotopic (exact) mass is 337 g/mol. The van der Waals surface area contributed by atoms with Crippen LogP contribution in [0, 0.1) is 0 Å². The maximum Gasteiger partial charge on any atom is 0.306 e. The van der Waals surface area contributed by atoms with Gasteiger partial charge in [0.1, 0.15) is 0 Å². The smallest absolute Gasteiger partial charge is 0.306 e. The summed E-state index contributed by atoms with van der Waals surface area (Å²) in [6.45, 7) is 3.81. The van der Waals surface area contributed by atoms with Crippen LogP contribution in [0.3, 0.4) is 0 Å². The van der Waals surface area contributed by atoms with Crippen LogP contribution in [-0.4, -0.2) is 41.3 Å². The molecule has 0 aliphatic carbocycles. The Kier molecular flexibility index (Phi) is 6.33. The van der Waals surface area contributed by atoms with Crippen molar-refractivity contribution in [3.63, 3.8) is 0 Å². The minimum absolute atomic E-state index is 0.00905. The number of ether oxygens (including phenoxy) is 1. The Morgan fingerprint density at radius 3 is 2.52 bits per heavy atom. The van der Waals surface area contributed by atoms with E-state index in [2.05, 4.69) is 0 Å². The number of carbonyl (C=O) groups excluding carboxylic acids is 3. The Labute approximate surface area is 140 Å². The predicted octanol–water partition coefficient (Wildman–Crippen LogP) is 3.04. The first-order valence-corrected chi connectivity index (χ1v) is 8.90. The van der Waals surface area contributed by atoms with Gasteiger partial charge < -0.3 is 9.64 Å². The van der Waals surface area contributed by atoms with Crippen LogP contribution in [0.1, 0.15) is 55.6 Å². The molecule has 0 saturated carbocycles. The number of amides is 1. The van der Waals surface area contributed by atoms with E-state index in [9.17, 15) is 14.4 Å². The van der Waals surface area contributed by atoms with Gasteiger partial charge in [0.2, 0.25) is 0 Å². The molecule has 1 aromatic heterocycles. The lowest BCUT2D eigenvalue weighted by Gasteiger charge is -2.38. The third kappa shape index (κ3) is 4.89. The highest BCUT2D eigenvalue weighted by molar-refractivity contribution is 7.12. The second-order valence-electron chi connectivity index (χ2n) is 5.99. The molecule has 2 atom stereocenters. The maximum atomic E-state index is 12.2. The number of hydrogen-bond acceptors (Lipinski definition) is 5. The Morgan fingerprint density at radius 1 is 1.22 bits per heavy atom. The molecule has 1 aliphatic heterocycles. The maximum absolute atomic E-state index is 12.2. The summed E-state index contributed by atoms with van der Waals surface area (Å²) in [6, 6.07) is 3.91. The zero-order chi connectivity index (χ0) is 16.8. The van der Waals surface area contributed by atoms with Crippen LogP contribution >= 0.6 is 11.3 Å². The molecular formula is C17H23NO4S. The molecule has 1 aliphatic rings. The lowest BCUT2D eigenvalue weighted by molar-refractivity contribution is -0.154. The van der Waals surface area contributed by atoms with Crippen molar-refractivity contribution in [2.45, 2.75) is 58.0 Å². The topological polar surface area (TPSA) is 63.7 Å². The molecule has 2 heterocycles. The molecule has 0 radical (unpaired) electrons. The largest absolute Gasteiger partial charge is 0.456 e. The molecule has 6 heteroatoms. The first-order chi connectivity index (χ1) is 11.0. The number of ketones is 1. The van der Waals surface area contributed by atoms with Crippen molar-refractivity contribution >= 4 is 29.0 Å². The molecule has 1 saturated heterocycles. The van der Waals surface area contributed by atoms with Gasteiger partial charge in [-0.05, 0) is 44.6 Å². The third-order valence-electron chi connectivity index (χ3n) is 4.19. The quantitative estimate of drug-likeness (QED) is 0.591. The summed E-state index contributed by atoms with van der Waals surface area (Å²) in [5.74, 6) is -0.718. The second kappa shape index (κ2) is 8.24. The molecule has 126 valence electrons. The van der Waals surface area contributed by atoms with Crippen LogP contribution < -0.4 is 0 Å². The molecule has 1 aromatic rings. The van der Waals surface area contributed by atoms with Crippen molar-refractivity contribution in [1.82, 2.24) is 4.90 Å². The van der Waals surface area contributed by atoms with Crippen molar-refractivity contribution in [1.29, 1.82) is 0 Å². The number of likely N-dealkylation sites (tertiary alicyclic amines) is 1. The van der Waals surface area contributed by atoms with Gasteiger partial charge in [-0.15, -0.1) is 11.3 Å². The van der Waals surface area contributed by atoms with Gasteiger partial charge in [-0.1, -0.05) is 6.07 Å². The van der Waals surface area contributed by atoms with E-state index in [0.29, 0.717) is 4.88 Å². The first kappa shape index (κ1) is 17.7. The van der Waals surface area contributed by atoms with E-state index in [4.69, 9.17) is 4.74 Å². The van der Waals surface area contributed by atoms with Crippen LogP contribution in [0.25, 0.3) is 0 Å². The number of rotatable bonds is 6. The zero-order valence-corrected chi connectivity index (χ0v) is 14.4. The van der Waals surface area contributed by atoms with E-state index >= 15 is 0 Å². The Morgan fingerprint density at radius 2 is 1.91 bits per heavy atom. The van der Waals surface area contributed by atoms with E-state index in [-0.39, 0.29) is 43.2 Å². The lowest BCUT2D eigenvalue weighted by Crippen LogP contribution is -2.49. The summed E-state index contributed by atoms with van der Waals surface area (Å²) < 4.78 is 5.04. The van der Waals surface area contributed by atoms with E-state index in [1.807, 2.05) is 24.1 Å². The summed E-state index contributed by atoms with van der Waals surface area (Å²) >= 11 is 1.36. The highest BCUT2D eigenvalue weighted by Gasteiger charge is 2.29. The average molecular weight is 337 g/mol. The number of esters is 1. The van der Waals surface area contributed by atoms with E-state index in [0.717, 1.165) is 19.3 Å². The average Bonchev–Trinajstić information content (AvgIpc) is 3.05. The van der Waals surface area contributed by atoms with Crippen LogP contribution in [0.2, 0.25) is 0 Å². The van der Waals surface area contributed by atoms with Gasteiger partial charge >= 0.3 is 5.97 Å². The molecule has 0 aromatic carbocycles. The molecular weight excluding hydrogens is 314 g/mol. The first-order valence-electron chi connectivity index (χ1n) is 8.02. The van der Waals surface area contributed by atoms with Gasteiger partial charge in [-0.25, -0.2) is 0 Å². The van der Waals surface area contributed by atoms with Gasteiger partial charge in [0.05, 0.1) is 11.3 Å². The van der Waals surface area contributed by atoms with Gasteiger partial charge in [-0.3, -0.25) is 14.4 Å². The Bertz CT molecular complexity index is 545. The molecule has 0 unspecified atom stereocenters.